The summed E-state index contributed by atoms with van der Waals surface area (Å²) in [4.78, 5) is 12.4. The van der Waals surface area contributed by atoms with Crippen molar-refractivity contribution in [2.24, 2.45) is 0 Å². The molecule has 0 fully saturated rings. The topological polar surface area (TPSA) is 60.7 Å². The molecule has 0 radical (unpaired) electrons. The van der Waals surface area contributed by atoms with Crippen LogP contribution in [0, 0.1) is 5.82 Å². The molecule has 0 aliphatic carbocycles. The van der Waals surface area contributed by atoms with E-state index >= 15 is 0 Å². The quantitative estimate of drug-likeness (QED) is 0.787. The second kappa shape index (κ2) is 6.32. The fraction of sp³-hybridized carbons (Fsp3) is 0.105. The summed E-state index contributed by atoms with van der Waals surface area (Å²) in [7, 11) is 0. The number of amides is 1. The number of ether oxygens (including phenoxy) is 2. The van der Waals surface area contributed by atoms with Gasteiger partial charge in [-0.15, -0.1) is 0 Å². The van der Waals surface area contributed by atoms with Crippen molar-refractivity contribution in [2.45, 2.75) is 6.10 Å². The molecule has 3 aromatic rings. The number of hydrogen-bond donors (Lipinski definition) is 1. The number of fused-ring (bicyclic) bond motifs is 1. The Hall–Kier alpha value is -3.28. The average molecular weight is 339 g/mol. The van der Waals surface area contributed by atoms with Gasteiger partial charge in [-0.1, -0.05) is 12.1 Å². The van der Waals surface area contributed by atoms with Crippen molar-refractivity contribution in [3.63, 3.8) is 0 Å². The molecule has 1 aromatic heterocycles. The maximum absolute atomic E-state index is 14.1. The van der Waals surface area contributed by atoms with E-state index in [2.05, 4.69) is 5.32 Å². The molecule has 2 heterocycles. The number of furan rings is 1. The van der Waals surface area contributed by atoms with Crippen molar-refractivity contribution in [2.75, 3.05) is 11.9 Å². The van der Waals surface area contributed by atoms with Crippen LogP contribution < -0.4 is 14.8 Å². The summed E-state index contributed by atoms with van der Waals surface area (Å²) in [6.07, 6.45) is 0.670. The van der Waals surface area contributed by atoms with Gasteiger partial charge in [0.25, 0.3) is 5.91 Å². The summed E-state index contributed by atoms with van der Waals surface area (Å²) < 4.78 is 30.5. The van der Waals surface area contributed by atoms with Crippen LogP contribution in [0.1, 0.15) is 0 Å². The Morgan fingerprint density at radius 1 is 1.08 bits per heavy atom. The van der Waals surface area contributed by atoms with E-state index in [9.17, 15) is 9.18 Å². The van der Waals surface area contributed by atoms with E-state index in [1.54, 1.807) is 36.4 Å². The smallest absolute Gasteiger partial charge is 0.269 e. The first-order valence-corrected chi connectivity index (χ1v) is 7.73. The maximum Gasteiger partial charge on any atom is 0.269 e. The van der Waals surface area contributed by atoms with E-state index in [-0.39, 0.29) is 12.3 Å². The van der Waals surface area contributed by atoms with Crippen LogP contribution in [0.5, 0.6) is 11.5 Å². The molecule has 5 nitrogen and oxygen atoms in total. The number of para-hydroxylation sites is 2. The summed E-state index contributed by atoms with van der Waals surface area (Å²) in [6.45, 7) is 0.0579. The second-order valence-corrected chi connectivity index (χ2v) is 5.53. The number of anilines is 1. The molecule has 1 aliphatic rings. The molecule has 2 aromatic carbocycles. The Balaban J connectivity index is 1.52. The van der Waals surface area contributed by atoms with Gasteiger partial charge < -0.3 is 19.2 Å². The van der Waals surface area contributed by atoms with Crippen LogP contribution in [0.4, 0.5) is 10.1 Å². The molecule has 1 N–H and O–H groups in total. The SMILES string of the molecule is O=C(Nc1cc(-c2ccco2)ccc1F)[C@H]1COc2ccccc2O1. The van der Waals surface area contributed by atoms with Gasteiger partial charge in [0.05, 0.1) is 12.0 Å². The van der Waals surface area contributed by atoms with Gasteiger partial charge in [0, 0.05) is 5.56 Å². The number of halogens is 1. The number of benzene rings is 2. The van der Waals surface area contributed by atoms with Crippen molar-refractivity contribution in [3.8, 4) is 22.8 Å². The van der Waals surface area contributed by atoms with Crippen LogP contribution in [-0.4, -0.2) is 18.6 Å². The third-order valence-corrected chi connectivity index (χ3v) is 3.83. The predicted octanol–water partition coefficient (Wildman–Crippen LogP) is 3.86. The van der Waals surface area contributed by atoms with E-state index in [0.29, 0.717) is 22.8 Å². The van der Waals surface area contributed by atoms with Crippen molar-refractivity contribution < 1.29 is 23.1 Å². The van der Waals surface area contributed by atoms with E-state index in [4.69, 9.17) is 13.9 Å². The van der Waals surface area contributed by atoms with Gasteiger partial charge in [0.1, 0.15) is 18.2 Å². The van der Waals surface area contributed by atoms with E-state index in [1.165, 1.54) is 18.4 Å². The molecule has 4 rings (SSSR count). The van der Waals surface area contributed by atoms with Crippen LogP contribution in [0.3, 0.4) is 0 Å². The minimum absolute atomic E-state index is 0.0568. The Labute approximate surface area is 143 Å². The summed E-state index contributed by atoms with van der Waals surface area (Å²) in [5, 5.41) is 2.55. The lowest BCUT2D eigenvalue weighted by Crippen LogP contribution is -2.40. The lowest BCUT2D eigenvalue weighted by atomic mass is 10.1. The summed E-state index contributed by atoms with van der Waals surface area (Å²) in [5.74, 6) is 0.628. The number of hydrogen-bond acceptors (Lipinski definition) is 4. The summed E-state index contributed by atoms with van der Waals surface area (Å²) in [5.41, 5.74) is 0.717. The Morgan fingerprint density at radius 2 is 1.92 bits per heavy atom. The Morgan fingerprint density at radius 3 is 2.72 bits per heavy atom. The molecule has 0 spiro atoms. The van der Waals surface area contributed by atoms with Crippen molar-refractivity contribution in [1.82, 2.24) is 0 Å². The first kappa shape index (κ1) is 15.3. The zero-order valence-electron chi connectivity index (χ0n) is 13.1. The van der Waals surface area contributed by atoms with Gasteiger partial charge in [0.2, 0.25) is 6.10 Å². The summed E-state index contributed by atoms with van der Waals surface area (Å²) in [6, 6.07) is 15.0. The minimum atomic E-state index is -0.860. The van der Waals surface area contributed by atoms with Crippen molar-refractivity contribution in [1.29, 1.82) is 0 Å². The maximum atomic E-state index is 14.1. The lowest BCUT2D eigenvalue weighted by molar-refractivity contribution is -0.125. The van der Waals surface area contributed by atoms with E-state index in [1.807, 2.05) is 6.07 Å². The molecule has 0 bridgehead atoms. The Kier molecular flexibility index (Phi) is 3.85. The van der Waals surface area contributed by atoms with Gasteiger partial charge in [-0.05, 0) is 42.5 Å². The van der Waals surface area contributed by atoms with E-state index in [0.717, 1.165) is 0 Å². The predicted molar refractivity (Wildman–Crippen MR) is 89.1 cm³/mol. The first-order valence-electron chi connectivity index (χ1n) is 7.73. The largest absolute Gasteiger partial charge is 0.485 e. The average Bonchev–Trinajstić information content (AvgIpc) is 3.18. The molecule has 0 saturated carbocycles. The molecule has 6 heteroatoms. The normalized spacial score (nSPS) is 15.6. The molecule has 1 atom stereocenters. The highest BCUT2D eigenvalue weighted by atomic mass is 19.1. The van der Waals surface area contributed by atoms with Crippen molar-refractivity contribution >= 4 is 11.6 Å². The monoisotopic (exact) mass is 339 g/mol. The number of rotatable bonds is 3. The fourth-order valence-electron chi connectivity index (χ4n) is 2.58. The van der Waals surface area contributed by atoms with Gasteiger partial charge >= 0.3 is 0 Å². The number of carbonyl (C=O) groups excluding carboxylic acids is 1. The molecular formula is C19H14FNO4. The third-order valence-electron chi connectivity index (χ3n) is 3.83. The standard InChI is InChI=1S/C19H14FNO4/c20-13-8-7-12(15-6-3-9-23-15)10-14(13)21-19(22)18-11-24-16-4-1-2-5-17(16)25-18/h1-10,18H,11H2,(H,21,22)/t18-/m1/s1. The molecule has 1 aliphatic heterocycles. The number of carbonyl (C=O) groups is 1. The molecule has 0 unspecified atom stereocenters. The minimum Gasteiger partial charge on any atom is -0.485 e. The van der Waals surface area contributed by atoms with Crippen LogP contribution in [0.25, 0.3) is 11.3 Å². The van der Waals surface area contributed by atoms with Gasteiger partial charge in [0.15, 0.2) is 11.5 Å². The Bertz CT molecular complexity index is 908. The highest BCUT2D eigenvalue weighted by Gasteiger charge is 2.28. The van der Waals surface area contributed by atoms with Crippen LogP contribution >= 0.6 is 0 Å². The van der Waals surface area contributed by atoms with Gasteiger partial charge in [-0.2, -0.15) is 0 Å². The number of nitrogens with one attached hydrogen (secondary N) is 1. The van der Waals surface area contributed by atoms with Crippen LogP contribution in [0.2, 0.25) is 0 Å². The summed E-state index contributed by atoms with van der Waals surface area (Å²) >= 11 is 0. The zero-order chi connectivity index (χ0) is 17.2. The highest BCUT2D eigenvalue weighted by Crippen LogP contribution is 2.31. The molecule has 1 amide bonds. The molecule has 0 saturated heterocycles. The van der Waals surface area contributed by atoms with Crippen LogP contribution in [0.15, 0.2) is 65.3 Å². The van der Waals surface area contributed by atoms with E-state index < -0.39 is 17.8 Å². The first-order chi connectivity index (χ1) is 12.2. The molecule has 126 valence electrons. The van der Waals surface area contributed by atoms with Crippen LogP contribution in [-0.2, 0) is 4.79 Å². The van der Waals surface area contributed by atoms with Crippen molar-refractivity contribution in [3.05, 3.63) is 66.7 Å². The zero-order valence-corrected chi connectivity index (χ0v) is 13.1. The third kappa shape index (κ3) is 3.06. The molecular weight excluding hydrogens is 325 g/mol. The fourth-order valence-corrected chi connectivity index (χ4v) is 2.58. The highest BCUT2D eigenvalue weighted by molar-refractivity contribution is 5.95. The van der Waals surface area contributed by atoms with Gasteiger partial charge in [-0.25, -0.2) is 4.39 Å². The van der Waals surface area contributed by atoms with Gasteiger partial charge in [-0.3, -0.25) is 4.79 Å². The molecule has 25 heavy (non-hydrogen) atoms. The second-order valence-electron chi connectivity index (χ2n) is 5.53. The lowest BCUT2D eigenvalue weighted by Gasteiger charge is -2.25.